The van der Waals surface area contributed by atoms with Crippen LogP contribution in [0.15, 0.2) is 30.6 Å². The van der Waals surface area contributed by atoms with Crippen LogP contribution in [0.3, 0.4) is 0 Å². The summed E-state index contributed by atoms with van der Waals surface area (Å²) < 4.78 is 31.2. The molecule has 2 aromatic rings. The summed E-state index contributed by atoms with van der Waals surface area (Å²) >= 11 is 0. The Bertz CT molecular complexity index is 457. The quantitative estimate of drug-likeness (QED) is 0.865. The van der Waals surface area contributed by atoms with Crippen LogP contribution in [-0.4, -0.2) is 9.97 Å². The highest BCUT2D eigenvalue weighted by atomic mass is 19.1. The van der Waals surface area contributed by atoms with Crippen LogP contribution in [0.25, 0.3) is 0 Å². The highest BCUT2D eigenvalue weighted by molar-refractivity contribution is 5.17. The van der Waals surface area contributed by atoms with Gasteiger partial charge in [-0.15, -0.1) is 0 Å². The molecule has 3 nitrogen and oxygen atoms in total. The van der Waals surface area contributed by atoms with E-state index in [0.29, 0.717) is 5.82 Å². The highest BCUT2D eigenvalue weighted by Crippen LogP contribution is 2.11. The van der Waals surface area contributed by atoms with Crippen molar-refractivity contribution in [1.29, 1.82) is 0 Å². The Kier molecular flexibility index (Phi) is 3.26. The maximum atomic E-state index is 13.2. The van der Waals surface area contributed by atoms with Crippen molar-refractivity contribution in [3.05, 3.63) is 53.6 Å². The number of aromatic nitrogens is 2. The third-order valence-corrected chi connectivity index (χ3v) is 2.06. The first-order valence-electron chi connectivity index (χ1n) is 4.75. The zero-order valence-electron chi connectivity index (χ0n) is 8.41. The topological polar surface area (TPSA) is 37.9 Å². The van der Waals surface area contributed by atoms with Gasteiger partial charge in [0.1, 0.15) is 24.1 Å². The molecule has 0 radical (unpaired) electrons. The van der Waals surface area contributed by atoms with Crippen LogP contribution in [0, 0.1) is 11.6 Å². The lowest BCUT2D eigenvalue weighted by Crippen LogP contribution is -1.98. The third kappa shape index (κ3) is 2.64. The van der Waals surface area contributed by atoms with Gasteiger partial charge in [-0.05, 0) is 18.2 Å². The van der Waals surface area contributed by atoms with E-state index in [9.17, 15) is 8.78 Å². The van der Waals surface area contributed by atoms with Crippen LogP contribution in [-0.2, 0) is 18.0 Å². The standard InChI is InChI=1S/C11H10F2N2O/c12-9-1-2-10(13)8(5-9)6-16-7-11-14-3-4-15-11/h1-5H,6-7H2,(H,14,15). The number of ether oxygens (including phenoxy) is 1. The van der Waals surface area contributed by atoms with E-state index in [1.54, 1.807) is 12.4 Å². The summed E-state index contributed by atoms with van der Waals surface area (Å²) in [6.07, 6.45) is 3.27. The van der Waals surface area contributed by atoms with Gasteiger partial charge in [0.2, 0.25) is 0 Å². The molecule has 0 saturated carbocycles. The van der Waals surface area contributed by atoms with Crippen LogP contribution >= 0.6 is 0 Å². The van der Waals surface area contributed by atoms with Gasteiger partial charge in [0.15, 0.2) is 0 Å². The number of nitrogens with zero attached hydrogens (tertiary/aromatic N) is 1. The van der Waals surface area contributed by atoms with Gasteiger partial charge in [0, 0.05) is 18.0 Å². The molecule has 1 aromatic heterocycles. The average molecular weight is 224 g/mol. The van der Waals surface area contributed by atoms with E-state index >= 15 is 0 Å². The minimum atomic E-state index is -0.474. The molecule has 1 N–H and O–H groups in total. The second-order valence-electron chi connectivity index (χ2n) is 3.26. The van der Waals surface area contributed by atoms with Crippen molar-refractivity contribution < 1.29 is 13.5 Å². The largest absolute Gasteiger partial charge is 0.369 e. The molecule has 1 aromatic carbocycles. The highest BCUT2D eigenvalue weighted by Gasteiger charge is 2.04. The van der Waals surface area contributed by atoms with Crippen molar-refractivity contribution >= 4 is 0 Å². The van der Waals surface area contributed by atoms with Gasteiger partial charge in [0.05, 0.1) is 6.61 Å². The molecular weight excluding hydrogens is 214 g/mol. The van der Waals surface area contributed by atoms with E-state index < -0.39 is 11.6 Å². The molecule has 0 saturated heterocycles. The molecule has 0 aliphatic rings. The first-order chi connectivity index (χ1) is 7.75. The third-order valence-electron chi connectivity index (χ3n) is 2.06. The molecule has 0 fully saturated rings. The summed E-state index contributed by atoms with van der Waals surface area (Å²) in [4.78, 5) is 6.78. The van der Waals surface area contributed by atoms with Crippen molar-refractivity contribution in [3.8, 4) is 0 Å². The number of nitrogens with one attached hydrogen (secondary N) is 1. The molecule has 16 heavy (non-hydrogen) atoms. The Morgan fingerprint density at radius 2 is 2.12 bits per heavy atom. The van der Waals surface area contributed by atoms with E-state index in [4.69, 9.17) is 4.74 Å². The summed E-state index contributed by atoms with van der Waals surface area (Å²) in [6, 6.07) is 3.28. The Morgan fingerprint density at radius 1 is 1.25 bits per heavy atom. The van der Waals surface area contributed by atoms with E-state index in [-0.39, 0.29) is 18.8 Å². The van der Waals surface area contributed by atoms with Gasteiger partial charge in [0.25, 0.3) is 0 Å². The maximum absolute atomic E-state index is 13.2. The van der Waals surface area contributed by atoms with Crippen LogP contribution < -0.4 is 0 Å². The number of rotatable bonds is 4. The van der Waals surface area contributed by atoms with Crippen molar-refractivity contribution in [2.75, 3.05) is 0 Å². The van der Waals surface area contributed by atoms with Crippen LogP contribution in [0.5, 0.6) is 0 Å². The van der Waals surface area contributed by atoms with Gasteiger partial charge < -0.3 is 9.72 Å². The molecule has 0 atom stereocenters. The Labute approximate surface area is 91.1 Å². The predicted octanol–water partition coefficient (Wildman–Crippen LogP) is 2.40. The summed E-state index contributed by atoms with van der Waals surface area (Å²) in [6.45, 7) is 0.257. The number of hydrogen-bond donors (Lipinski definition) is 1. The Morgan fingerprint density at radius 3 is 2.88 bits per heavy atom. The second kappa shape index (κ2) is 4.85. The molecule has 2 rings (SSSR count). The molecular formula is C11H10F2N2O. The Balaban J connectivity index is 1.92. The molecule has 1 heterocycles. The minimum absolute atomic E-state index is 0.0181. The normalized spacial score (nSPS) is 10.6. The molecule has 0 aliphatic carbocycles. The first-order valence-corrected chi connectivity index (χ1v) is 4.75. The van der Waals surface area contributed by atoms with Crippen molar-refractivity contribution in [2.24, 2.45) is 0 Å². The summed E-state index contributed by atoms with van der Waals surface area (Å²) in [5.41, 5.74) is 0.201. The summed E-state index contributed by atoms with van der Waals surface area (Å²) in [7, 11) is 0. The SMILES string of the molecule is Fc1ccc(F)c(COCc2ncc[nH]2)c1. The fraction of sp³-hybridized carbons (Fsp3) is 0.182. The van der Waals surface area contributed by atoms with E-state index in [2.05, 4.69) is 9.97 Å². The van der Waals surface area contributed by atoms with E-state index in [1.165, 1.54) is 0 Å². The smallest absolute Gasteiger partial charge is 0.132 e. The molecule has 84 valence electrons. The van der Waals surface area contributed by atoms with Crippen molar-refractivity contribution in [1.82, 2.24) is 9.97 Å². The number of halogens is 2. The van der Waals surface area contributed by atoms with Crippen molar-refractivity contribution in [2.45, 2.75) is 13.2 Å². The molecule has 0 bridgehead atoms. The van der Waals surface area contributed by atoms with E-state index in [1.807, 2.05) is 0 Å². The molecule has 0 spiro atoms. The monoisotopic (exact) mass is 224 g/mol. The zero-order chi connectivity index (χ0) is 11.4. The minimum Gasteiger partial charge on any atom is -0.369 e. The van der Waals surface area contributed by atoms with Crippen LogP contribution in [0.2, 0.25) is 0 Å². The molecule has 5 heteroatoms. The maximum Gasteiger partial charge on any atom is 0.132 e. The number of H-pyrrole nitrogens is 1. The molecule has 0 unspecified atom stereocenters. The van der Waals surface area contributed by atoms with Gasteiger partial charge in [-0.2, -0.15) is 0 Å². The fourth-order valence-corrected chi connectivity index (χ4v) is 1.29. The lowest BCUT2D eigenvalue weighted by molar-refractivity contribution is 0.0997. The van der Waals surface area contributed by atoms with Gasteiger partial charge in [-0.25, -0.2) is 13.8 Å². The number of benzene rings is 1. The van der Waals surface area contributed by atoms with E-state index in [0.717, 1.165) is 18.2 Å². The summed E-state index contributed by atoms with van der Waals surface area (Å²) in [5.74, 6) is -0.296. The number of imidazole rings is 1. The zero-order valence-corrected chi connectivity index (χ0v) is 8.41. The number of aromatic amines is 1. The van der Waals surface area contributed by atoms with Gasteiger partial charge >= 0.3 is 0 Å². The molecule has 0 aliphatic heterocycles. The average Bonchev–Trinajstić information content (AvgIpc) is 2.76. The van der Waals surface area contributed by atoms with Crippen LogP contribution in [0.1, 0.15) is 11.4 Å². The predicted molar refractivity (Wildman–Crippen MR) is 53.4 cm³/mol. The first kappa shape index (κ1) is 10.8. The lowest BCUT2D eigenvalue weighted by Gasteiger charge is -2.04. The summed E-state index contributed by atoms with van der Waals surface area (Å²) in [5, 5.41) is 0. The van der Waals surface area contributed by atoms with Gasteiger partial charge in [-0.3, -0.25) is 0 Å². The Hall–Kier alpha value is -1.75. The fourth-order valence-electron chi connectivity index (χ4n) is 1.29. The lowest BCUT2D eigenvalue weighted by atomic mass is 10.2. The van der Waals surface area contributed by atoms with Crippen LogP contribution in [0.4, 0.5) is 8.78 Å². The number of hydrogen-bond acceptors (Lipinski definition) is 2. The molecule has 0 amide bonds. The van der Waals surface area contributed by atoms with Crippen molar-refractivity contribution in [3.63, 3.8) is 0 Å². The second-order valence-corrected chi connectivity index (χ2v) is 3.26. The van der Waals surface area contributed by atoms with Gasteiger partial charge in [-0.1, -0.05) is 0 Å².